The molecule has 0 aliphatic carbocycles. The highest BCUT2D eigenvalue weighted by Gasteiger charge is 2.39. The first-order valence-corrected chi connectivity index (χ1v) is 12.7. The van der Waals surface area contributed by atoms with Gasteiger partial charge in [0.15, 0.2) is 11.5 Å². The van der Waals surface area contributed by atoms with Gasteiger partial charge in [0.2, 0.25) is 0 Å². The molecule has 9 nitrogen and oxygen atoms in total. The molecule has 0 aromatic heterocycles. The van der Waals surface area contributed by atoms with Crippen LogP contribution in [-0.2, 0) is 27.2 Å². The van der Waals surface area contributed by atoms with E-state index in [1.807, 2.05) is 45.0 Å². The Labute approximate surface area is 224 Å². The number of nitro benzene ring substituents is 1. The molecule has 1 aliphatic rings. The average molecular weight is 530 g/mol. The number of aryl methyl sites for hydroxylation is 1. The Morgan fingerprint density at radius 1 is 1.13 bits per heavy atom. The third-order valence-corrected chi connectivity index (χ3v) is 6.77. The van der Waals surface area contributed by atoms with Crippen molar-refractivity contribution in [2.75, 3.05) is 27.9 Å². The molecule has 1 saturated heterocycles. The predicted octanol–water partition coefficient (Wildman–Crippen LogP) is 5.87. The van der Waals surface area contributed by atoms with Crippen molar-refractivity contribution in [1.29, 1.82) is 0 Å². The van der Waals surface area contributed by atoms with E-state index in [1.165, 1.54) is 20.3 Å². The minimum Gasteiger partial charge on any atom is -0.497 e. The van der Waals surface area contributed by atoms with E-state index >= 15 is 0 Å². The Kier molecular flexibility index (Phi) is 10.1. The van der Waals surface area contributed by atoms with Crippen molar-refractivity contribution in [3.63, 3.8) is 0 Å². The van der Waals surface area contributed by atoms with E-state index in [0.29, 0.717) is 37.4 Å². The largest absolute Gasteiger partial charge is 0.497 e. The van der Waals surface area contributed by atoms with Crippen LogP contribution < -0.4 is 14.2 Å². The predicted molar refractivity (Wildman–Crippen MR) is 144 cm³/mol. The van der Waals surface area contributed by atoms with Crippen molar-refractivity contribution in [3.8, 4) is 17.2 Å². The Bertz CT molecular complexity index is 1110. The number of hydrogen-bond donors (Lipinski definition) is 0. The number of hydrogen-bond acceptors (Lipinski definition) is 8. The molecule has 9 heteroatoms. The van der Waals surface area contributed by atoms with Gasteiger partial charge in [0.05, 0.1) is 57.7 Å². The molecular weight excluding hydrogens is 490 g/mol. The first-order valence-electron chi connectivity index (χ1n) is 12.7. The minimum atomic E-state index is -0.630. The lowest BCUT2D eigenvalue weighted by atomic mass is 9.92. The molecular formula is C29H39NO8. The molecule has 0 radical (unpaired) electrons. The summed E-state index contributed by atoms with van der Waals surface area (Å²) in [6, 6.07) is 11.0. The minimum absolute atomic E-state index is 0.0266. The van der Waals surface area contributed by atoms with E-state index in [0.717, 1.165) is 16.9 Å². The van der Waals surface area contributed by atoms with Crippen LogP contribution in [0.15, 0.2) is 48.0 Å². The topological polar surface area (TPSA) is 98.5 Å². The summed E-state index contributed by atoms with van der Waals surface area (Å²) in [6.07, 6.45) is 2.95. The summed E-state index contributed by atoms with van der Waals surface area (Å²) in [5, 5.41) is 11.6. The molecule has 1 fully saturated rings. The molecule has 3 rings (SSSR count). The van der Waals surface area contributed by atoms with Gasteiger partial charge in [-0.2, -0.15) is 0 Å². The third-order valence-electron chi connectivity index (χ3n) is 6.77. The monoisotopic (exact) mass is 529 g/mol. The molecule has 38 heavy (non-hydrogen) atoms. The van der Waals surface area contributed by atoms with Gasteiger partial charge in [0, 0.05) is 11.5 Å². The fraction of sp³-hybridized carbons (Fsp3) is 0.517. The maximum Gasteiger partial charge on any atom is 0.314 e. The van der Waals surface area contributed by atoms with Crippen LogP contribution in [0, 0.1) is 16.0 Å². The second-order valence-corrected chi connectivity index (χ2v) is 9.89. The zero-order valence-electron chi connectivity index (χ0n) is 23.3. The van der Waals surface area contributed by atoms with E-state index in [-0.39, 0.29) is 29.6 Å². The van der Waals surface area contributed by atoms with E-state index in [9.17, 15) is 10.1 Å². The third kappa shape index (κ3) is 7.46. The lowest BCUT2D eigenvalue weighted by Gasteiger charge is -2.30. The highest BCUT2D eigenvalue weighted by Crippen LogP contribution is 2.36. The van der Waals surface area contributed by atoms with Crippen LogP contribution in [-0.4, -0.2) is 50.9 Å². The van der Waals surface area contributed by atoms with Crippen LogP contribution in [0.3, 0.4) is 0 Å². The first kappa shape index (κ1) is 29.4. The van der Waals surface area contributed by atoms with Crippen molar-refractivity contribution < 1.29 is 33.3 Å². The molecule has 1 heterocycles. The number of allylic oxidation sites excluding steroid dienone is 1. The highest BCUT2D eigenvalue weighted by molar-refractivity contribution is 5.56. The number of methoxy groups -OCH3 is 3. The van der Waals surface area contributed by atoms with E-state index in [1.54, 1.807) is 13.2 Å². The van der Waals surface area contributed by atoms with Crippen LogP contribution in [0.1, 0.15) is 45.2 Å². The van der Waals surface area contributed by atoms with Gasteiger partial charge in [-0.3, -0.25) is 10.1 Å². The molecule has 1 unspecified atom stereocenters. The number of rotatable bonds is 13. The zero-order valence-corrected chi connectivity index (χ0v) is 23.3. The van der Waals surface area contributed by atoms with Crippen molar-refractivity contribution in [2.45, 2.75) is 65.1 Å². The van der Waals surface area contributed by atoms with Crippen LogP contribution in [0.2, 0.25) is 0 Å². The second-order valence-electron chi connectivity index (χ2n) is 9.89. The Hall–Kier alpha value is -3.14. The molecule has 2 aromatic carbocycles. The van der Waals surface area contributed by atoms with Gasteiger partial charge in [-0.15, -0.1) is 0 Å². The van der Waals surface area contributed by atoms with Gasteiger partial charge in [0.25, 0.3) is 0 Å². The van der Waals surface area contributed by atoms with Gasteiger partial charge in [-0.1, -0.05) is 25.1 Å². The number of ether oxygens (including phenoxy) is 6. The fourth-order valence-corrected chi connectivity index (χ4v) is 4.67. The van der Waals surface area contributed by atoms with Crippen LogP contribution in [0.25, 0.3) is 0 Å². The highest BCUT2D eigenvalue weighted by atomic mass is 16.7. The van der Waals surface area contributed by atoms with Crippen molar-refractivity contribution in [2.24, 2.45) is 5.92 Å². The molecule has 2 aromatic rings. The standard InChI is InChI=1S/C29H39NO8/c1-19(9-8-10-22-15-24(34-6)16-25(30(31)32)28(22)35-7)27(20(2)26-18-37-29(3,4)38-26)36-17-21-11-13-23(33-5)14-12-21/h9,11-16,20,26-27H,8,10,17-18H2,1-7H3/b19-9-/t20-,26?,27-/m0/s1. The van der Waals surface area contributed by atoms with Gasteiger partial charge >= 0.3 is 5.69 Å². The molecule has 0 saturated carbocycles. The SMILES string of the molecule is COc1ccc(CO[C@@H](/C(C)=C\CCc2cc(OC)cc([N+](=O)[O-])c2OC)[C@@H](C)C2COC(C)(C)O2)cc1. The zero-order chi connectivity index (χ0) is 27.9. The fourth-order valence-electron chi connectivity index (χ4n) is 4.67. The Morgan fingerprint density at radius 3 is 2.37 bits per heavy atom. The summed E-state index contributed by atoms with van der Waals surface area (Å²) in [5.41, 5.74) is 2.68. The summed E-state index contributed by atoms with van der Waals surface area (Å²) in [7, 11) is 4.57. The summed E-state index contributed by atoms with van der Waals surface area (Å²) in [6.45, 7) is 8.90. The maximum atomic E-state index is 11.6. The molecule has 0 spiro atoms. The van der Waals surface area contributed by atoms with Crippen molar-refractivity contribution in [3.05, 3.63) is 69.3 Å². The van der Waals surface area contributed by atoms with E-state index < -0.39 is 10.7 Å². The number of benzene rings is 2. The van der Waals surface area contributed by atoms with E-state index in [4.69, 9.17) is 28.4 Å². The average Bonchev–Trinajstić information content (AvgIpc) is 3.27. The molecule has 208 valence electrons. The van der Waals surface area contributed by atoms with Crippen LogP contribution >= 0.6 is 0 Å². The lowest BCUT2D eigenvalue weighted by molar-refractivity contribution is -0.385. The van der Waals surface area contributed by atoms with Crippen LogP contribution in [0.5, 0.6) is 17.2 Å². The molecule has 0 bridgehead atoms. The summed E-state index contributed by atoms with van der Waals surface area (Å²) in [4.78, 5) is 11.1. The van der Waals surface area contributed by atoms with Gasteiger partial charge in [-0.05, 0) is 62.9 Å². The number of nitro groups is 1. The quantitative estimate of drug-likeness (QED) is 0.180. The maximum absolute atomic E-state index is 11.6. The normalized spacial score (nSPS) is 18.6. The van der Waals surface area contributed by atoms with Crippen molar-refractivity contribution in [1.82, 2.24) is 0 Å². The first-order chi connectivity index (χ1) is 18.1. The Morgan fingerprint density at radius 2 is 1.82 bits per heavy atom. The summed E-state index contributed by atoms with van der Waals surface area (Å²) < 4.78 is 34.3. The molecule has 0 amide bonds. The lowest BCUT2D eigenvalue weighted by Crippen LogP contribution is -2.35. The summed E-state index contributed by atoms with van der Waals surface area (Å²) in [5.74, 6) is 0.861. The van der Waals surface area contributed by atoms with E-state index in [2.05, 4.69) is 13.0 Å². The second kappa shape index (κ2) is 13.1. The van der Waals surface area contributed by atoms with Gasteiger partial charge in [-0.25, -0.2) is 0 Å². The molecule has 3 atom stereocenters. The number of nitrogens with zero attached hydrogens (tertiary/aromatic N) is 1. The molecule has 0 N–H and O–H groups in total. The molecule has 1 aliphatic heterocycles. The van der Waals surface area contributed by atoms with Gasteiger partial charge in [0.1, 0.15) is 11.5 Å². The smallest absolute Gasteiger partial charge is 0.314 e. The summed E-state index contributed by atoms with van der Waals surface area (Å²) >= 11 is 0. The Balaban J connectivity index is 1.79. The van der Waals surface area contributed by atoms with Crippen molar-refractivity contribution >= 4 is 5.69 Å². The van der Waals surface area contributed by atoms with Crippen LogP contribution in [0.4, 0.5) is 5.69 Å². The van der Waals surface area contributed by atoms with Gasteiger partial charge < -0.3 is 28.4 Å².